The topological polar surface area (TPSA) is 76.2 Å². The van der Waals surface area contributed by atoms with Crippen molar-refractivity contribution in [2.45, 2.75) is 18.6 Å². The zero-order valence-electron chi connectivity index (χ0n) is 8.42. The molecule has 0 saturated carbocycles. The van der Waals surface area contributed by atoms with Gasteiger partial charge in [-0.05, 0) is 18.1 Å². The molecule has 0 aliphatic carbocycles. The number of rotatable bonds is 4. The molecule has 1 aromatic rings. The van der Waals surface area contributed by atoms with E-state index in [1.54, 1.807) is 25.3 Å². The quantitative estimate of drug-likeness (QED) is 0.675. The lowest BCUT2D eigenvalue weighted by Gasteiger charge is -2.15. The number of carboxylic acid groups (broad SMARTS) is 1. The third kappa shape index (κ3) is 3.43. The number of carboxylic acids is 1. The molecule has 0 fully saturated rings. The molecule has 4 nitrogen and oxygen atoms in total. The van der Waals surface area contributed by atoms with Crippen LogP contribution in [0.3, 0.4) is 0 Å². The molecular formula is C10H14N2O2S. The van der Waals surface area contributed by atoms with Crippen molar-refractivity contribution in [2.75, 3.05) is 5.73 Å². The van der Waals surface area contributed by atoms with Crippen LogP contribution >= 0.6 is 12.6 Å². The van der Waals surface area contributed by atoms with E-state index in [0.29, 0.717) is 12.2 Å². The maximum absolute atomic E-state index is 10.9. The van der Waals surface area contributed by atoms with Crippen molar-refractivity contribution in [3.8, 4) is 0 Å². The zero-order valence-corrected chi connectivity index (χ0v) is 9.32. The Balaban J connectivity index is 2.74. The van der Waals surface area contributed by atoms with Crippen LogP contribution in [0.4, 0.5) is 5.82 Å². The summed E-state index contributed by atoms with van der Waals surface area (Å²) < 4.78 is 0. The summed E-state index contributed by atoms with van der Waals surface area (Å²) in [5, 5.41) is 8.77. The van der Waals surface area contributed by atoms with Crippen LogP contribution in [0.25, 0.3) is 0 Å². The summed E-state index contributed by atoms with van der Waals surface area (Å²) in [5.41, 5.74) is 6.29. The van der Waals surface area contributed by atoms with Gasteiger partial charge in [0.2, 0.25) is 0 Å². The average molecular weight is 226 g/mol. The molecular weight excluding hydrogens is 212 g/mol. The Bertz CT molecular complexity index is 338. The first-order chi connectivity index (χ1) is 7.00. The molecule has 0 aliphatic rings. The standard InChI is InChI=1S/C10H14N2O2S/c1-6(15)8(10(13)14)4-7-2-3-9(11)12-5-7/h2-3,5-6,8,15H,4H2,1H3,(H2,11,12)(H,13,14)/t6-,8?/m1/s1. The van der Waals surface area contributed by atoms with E-state index in [-0.39, 0.29) is 5.25 Å². The number of aromatic nitrogens is 1. The van der Waals surface area contributed by atoms with Gasteiger partial charge in [-0.1, -0.05) is 13.0 Å². The van der Waals surface area contributed by atoms with Crippen LogP contribution in [0.5, 0.6) is 0 Å². The highest BCUT2D eigenvalue weighted by atomic mass is 32.1. The molecule has 82 valence electrons. The second kappa shape index (κ2) is 5.02. The van der Waals surface area contributed by atoms with Crippen LogP contribution in [0.2, 0.25) is 0 Å². The van der Waals surface area contributed by atoms with Crippen LogP contribution in [-0.4, -0.2) is 21.3 Å². The number of pyridine rings is 1. The van der Waals surface area contributed by atoms with Gasteiger partial charge in [-0.15, -0.1) is 0 Å². The maximum Gasteiger partial charge on any atom is 0.307 e. The van der Waals surface area contributed by atoms with Gasteiger partial charge in [-0.25, -0.2) is 4.98 Å². The van der Waals surface area contributed by atoms with Gasteiger partial charge in [0.1, 0.15) is 5.82 Å². The van der Waals surface area contributed by atoms with Crippen molar-refractivity contribution in [3.63, 3.8) is 0 Å². The van der Waals surface area contributed by atoms with Gasteiger partial charge in [-0.2, -0.15) is 12.6 Å². The Morgan fingerprint density at radius 1 is 1.67 bits per heavy atom. The summed E-state index contributed by atoms with van der Waals surface area (Å²) in [4.78, 5) is 14.8. The minimum Gasteiger partial charge on any atom is -0.481 e. The number of nitrogens with zero attached hydrogens (tertiary/aromatic N) is 1. The minimum absolute atomic E-state index is 0.194. The van der Waals surface area contributed by atoms with E-state index in [9.17, 15) is 4.79 Å². The third-order valence-corrected chi connectivity index (χ3v) is 2.56. The first-order valence-corrected chi connectivity index (χ1v) is 5.13. The van der Waals surface area contributed by atoms with Gasteiger partial charge in [0.25, 0.3) is 0 Å². The molecule has 0 saturated heterocycles. The van der Waals surface area contributed by atoms with Gasteiger partial charge in [0, 0.05) is 11.4 Å². The Hall–Kier alpha value is -1.23. The second-order valence-corrected chi connectivity index (χ2v) is 4.30. The molecule has 1 unspecified atom stereocenters. The fraction of sp³-hybridized carbons (Fsp3) is 0.400. The van der Waals surface area contributed by atoms with E-state index >= 15 is 0 Å². The first-order valence-electron chi connectivity index (χ1n) is 4.62. The molecule has 0 bridgehead atoms. The molecule has 0 aromatic carbocycles. The summed E-state index contributed by atoms with van der Waals surface area (Å²) in [5.74, 6) is -0.905. The second-order valence-electron chi connectivity index (χ2n) is 3.48. The van der Waals surface area contributed by atoms with Gasteiger partial charge in [0.05, 0.1) is 5.92 Å². The van der Waals surface area contributed by atoms with Crippen LogP contribution in [-0.2, 0) is 11.2 Å². The van der Waals surface area contributed by atoms with Gasteiger partial charge < -0.3 is 10.8 Å². The van der Waals surface area contributed by atoms with E-state index in [4.69, 9.17) is 10.8 Å². The molecule has 0 radical (unpaired) electrons. The highest BCUT2D eigenvalue weighted by molar-refractivity contribution is 7.81. The van der Waals surface area contributed by atoms with Crippen molar-refractivity contribution in [3.05, 3.63) is 23.9 Å². The lowest BCUT2D eigenvalue weighted by atomic mass is 9.98. The number of nitrogen functional groups attached to an aromatic ring is 1. The third-order valence-electron chi connectivity index (χ3n) is 2.20. The SMILES string of the molecule is C[C@@H](S)C(Cc1ccc(N)nc1)C(=O)O. The lowest BCUT2D eigenvalue weighted by molar-refractivity contribution is -0.141. The molecule has 5 heteroatoms. The van der Waals surface area contributed by atoms with Crippen LogP contribution in [0.1, 0.15) is 12.5 Å². The van der Waals surface area contributed by atoms with Crippen LogP contribution in [0, 0.1) is 5.92 Å². The van der Waals surface area contributed by atoms with Crippen molar-refractivity contribution in [1.82, 2.24) is 4.98 Å². The number of hydrogen-bond donors (Lipinski definition) is 3. The van der Waals surface area contributed by atoms with Gasteiger partial charge in [0.15, 0.2) is 0 Å². The van der Waals surface area contributed by atoms with E-state index < -0.39 is 11.9 Å². The monoisotopic (exact) mass is 226 g/mol. The molecule has 15 heavy (non-hydrogen) atoms. The molecule has 0 spiro atoms. The molecule has 1 aromatic heterocycles. The molecule has 0 aliphatic heterocycles. The fourth-order valence-corrected chi connectivity index (χ4v) is 1.51. The normalized spacial score (nSPS) is 14.5. The van der Waals surface area contributed by atoms with Gasteiger partial charge >= 0.3 is 5.97 Å². The smallest absolute Gasteiger partial charge is 0.307 e. The predicted molar refractivity (Wildman–Crippen MR) is 61.9 cm³/mol. The number of nitrogens with two attached hydrogens (primary N) is 1. The maximum atomic E-state index is 10.9. The Morgan fingerprint density at radius 2 is 2.33 bits per heavy atom. The van der Waals surface area contributed by atoms with Crippen molar-refractivity contribution < 1.29 is 9.90 Å². The molecule has 2 atom stereocenters. The number of carbonyl (C=O) groups is 1. The largest absolute Gasteiger partial charge is 0.481 e. The van der Waals surface area contributed by atoms with Crippen molar-refractivity contribution in [2.24, 2.45) is 5.92 Å². The zero-order chi connectivity index (χ0) is 11.4. The van der Waals surface area contributed by atoms with Crippen LogP contribution in [0.15, 0.2) is 18.3 Å². The molecule has 1 rings (SSSR count). The van der Waals surface area contributed by atoms with Crippen molar-refractivity contribution in [1.29, 1.82) is 0 Å². The van der Waals surface area contributed by atoms with E-state index in [0.717, 1.165) is 5.56 Å². The Morgan fingerprint density at radius 3 is 2.73 bits per heavy atom. The summed E-state index contributed by atoms with van der Waals surface area (Å²) >= 11 is 4.16. The summed E-state index contributed by atoms with van der Waals surface area (Å²) in [6.45, 7) is 1.77. The Labute approximate surface area is 93.9 Å². The fourth-order valence-electron chi connectivity index (χ4n) is 1.27. The molecule has 1 heterocycles. The summed E-state index contributed by atoms with van der Waals surface area (Å²) in [6.07, 6.45) is 2.02. The Kier molecular flexibility index (Phi) is 3.96. The van der Waals surface area contributed by atoms with E-state index in [2.05, 4.69) is 17.6 Å². The molecule has 0 amide bonds. The first kappa shape index (κ1) is 11.8. The van der Waals surface area contributed by atoms with Gasteiger partial charge in [-0.3, -0.25) is 4.79 Å². The van der Waals surface area contributed by atoms with E-state index in [1.165, 1.54) is 0 Å². The number of anilines is 1. The van der Waals surface area contributed by atoms with Crippen molar-refractivity contribution >= 4 is 24.4 Å². The van der Waals surface area contributed by atoms with Crippen LogP contribution < -0.4 is 5.73 Å². The minimum atomic E-state index is -0.839. The highest BCUT2D eigenvalue weighted by Crippen LogP contribution is 2.16. The summed E-state index contributed by atoms with van der Waals surface area (Å²) in [7, 11) is 0. The lowest BCUT2D eigenvalue weighted by Crippen LogP contribution is -2.24. The number of aliphatic carboxylic acids is 1. The average Bonchev–Trinajstić information content (AvgIpc) is 2.15. The predicted octanol–water partition coefficient (Wildman–Crippen LogP) is 1.23. The number of thiol groups is 1. The molecule has 3 N–H and O–H groups in total. The highest BCUT2D eigenvalue weighted by Gasteiger charge is 2.22. The number of hydrogen-bond acceptors (Lipinski definition) is 4. The van der Waals surface area contributed by atoms with E-state index in [1.807, 2.05) is 0 Å². The summed E-state index contributed by atoms with van der Waals surface area (Å²) in [6, 6.07) is 3.45.